The molecule has 1 heterocycles. The van der Waals surface area contributed by atoms with Crippen molar-refractivity contribution in [3.8, 4) is 11.4 Å². The minimum atomic E-state index is -0.808. The van der Waals surface area contributed by atoms with Crippen molar-refractivity contribution in [2.45, 2.75) is 19.8 Å². The molecule has 0 atom stereocenters. The summed E-state index contributed by atoms with van der Waals surface area (Å²) in [6.07, 6.45) is 2.19. The van der Waals surface area contributed by atoms with Gasteiger partial charge in [0.05, 0.1) is 12.8 Å². The zero-order chi connectivity index (χ0) is 13.8. The highest BCUT2D eigenvalue weighted by Crippen LogP contribution is 2.25. The maximum atomic E-state index is 10.6. The van der Waals surface area contributed by atoms with Gasteiger partial charge in [0.15, 0.2) is 0 Å². The topological polar surface area (TPSA) is 77.2 Å². The minimum absolute atomic E-state index is 0.104. The lowest BCUT2D eigenvalue weighted by molar-refractivity contribution is -0.136. The third-order valence-electron chi connectivity index (χ3n) is 2.85. The van der Waals surface area contributed by atoms with Gasteiger partial charge in [-0.15, -0.1) is 10.2 Å². The van der Waals surface area contributed by atoms with Gasteiger partial charge in [0.1, 0.15) is 17.9 Å². The number of carboxylic acid groups (broad SMARTS) is 1. The van der Waals surface area contributed by atoms with Crippen molar-refractivity contribution < 1.29 is 14.6 Å². The van der Waals surface area contributed by atoms with Crippen LogP contribution in [0.25, 0.3) is 5.69 Å². The van der Waals surface area contributed by atoms with Crippen LogP contribution in [0.15, 0.2) is 24.5 Å². The van der Waals surface area contributed by atoms with Crippen molar-refractivity contribution in [3.05, 3.63) is 35.9 Å². The molecule has 6 heteroatoms. The number of ether oxygens (including phenoxy) is 1. The van der Waals surface area contributed by atoms with Crippen LogP contribution < -0.4 is 4.74 Å². The summed E-state index contributed by atoms with van der Waals surface area (Å²) in [6, 6.07) is 5.59. The first kappa shape index (κ1) is 13.1. The predicted molar refractivity (Wildman–Crippen MR) is 68.6 cm³/mol. The zero-order valence-electron chi connectivity index (χ0n) is 10.8. The van der Waals surface area contributed by atoms with E-state index in [1.807, 2.05) is 29.7 Å². The maximum Gasteiger partial charge on any atom is 0.303 e. The molecule has 0 spiro atoms. The Morgan fingerprint density at radius 1 is 1.47 bits per heavy atom. The van der Waals surface area contributed by atoms with E-state index in [9.17, 15) is 4.79 Å². The SMILES string of the molecule is COc1ccc(CCC(=O)O)cc1-n1cnnc1C. The number of hydrogen-bond donors (Lipinski definition) is 1. The Morgan fingerprint density at radius 2 is 2.26 bits per heavy atom. The normalized spacial score (nSPS) is 10.4. The van der Waals surface area contributed by atoms with E-state index in [4.69, 9.17) is 9.84 Å². The van der Waals surface area contributed by atoms with Crippen LogP contribution in [0.1, 0.15) is 17.8 Å². The number of methoxy groups -OCH3 is 1. The summed E-state index contributed by atoms with van der Waals surface area (Å²) in [5.41, 5.74) is 1.75. The molecular weight excluding hydrogens is 246 g/mol. The van der Waals surface area contributed by atoms with Gasteiger partial charge in [-0.1, -0.05) is 6.07 Å². The summed E-state index contributed by atoms with van der Waals surface area (Å²) >= 11 is 0. The average molecular weight is 261 g/mol. The van der Waals surface area contributed by atoms with E-state index >= 15 is 0 Å². The Labute approximate surface area is 110 Å². The molecule has 0 unspecified atom stereocenters. The van der Waals surface area contributed by atoms with Crippen LogP contribution in [0.2, 0.25) is 0 Å². The Balaban J connectivity index is 2.37. The second kappa shape index (κ2) is 5.51. The Kier molecular flexibility index (Phi) is 3.79. The molecule has 1 N–H and O–H groups in total. The molecule has 19 heavy (non-hydrogen) atoms. The molecule has 2 aromatic rings. The van der Waals surface area contributed by atoms with Gasteiger partial charge in [-0.25, -0.2) is 0 Å². The molecule has 0 amide bonds. The van der Waals surface area contributed by atoms with Crippen molar-refractivity contribution in [2.24, 2.45) is 0 Å². The second-order valence-electron chi connectivity index (χ2n) is 4.15. The van der Waals surface area contributed by atoms with Gasteiger partial charge in [-0.3, -0.25) is 9.36 Å². The van der Waals surface area contributed by atoms with E-state index in [0.29, 0.717) is 12.2 Å². The number of benzene rings is 1. The molecule has 100 valence electrons. The first-order chi connectivity index (χ1) is 9.11. The highest BCUT2D eigenvalue weighted by atomic mass is 16.5. The quantitative estimate of drug-likeness (QED) is 0.884. The van der Waals surface area contributed by atoms with E-state index in [1.165, 1.54) is 0 Å². The van der Waals surface area contributed by atoms with Gasteiger partial charge in [0.2, 0.25) is 0 Å². The summed E-state index contributed by atoms with van der Waals surface area (Å²) in [5, 5.41) is 16.5. The summed E-state index contributed by atoms with van der Waals surface area (Å²) in [7, 11) is 1.59. The minimum Gasteiger partial charge on any atom is -0.495 e. The van der Waals surface area contributed by atoms with Crippen LogP contribution >= 0.6 is 0 Å². The highest BCUT2D eigenvalue weighted by molar-refractivity contribution is 5.67. The Hall–Kier alpha value is -2.37. The first-order valence-electron chi connectivity index (χ1n) is 5.87. The first-order valence-corrected chi connectivity index (χ1v) is 5.87. The molecule has 0 saturated carbocycles. The molecular formula is C13H15N3O3. The molecule has 1 aromatic carbocycles. The smallest absolute Gasteiger partial charge is 0.303 e. The summed E-state index contributed by atoms with van der Waals surface area (Å²) in [4.78, 5) is 10.6. The molecule has 2 rings (SSSR count). The van der Waals surface area contributed by atoms with Crippen molar-refractivity contribution in [2.75, 3.05) is 7.11 Å². The average Bonchev–Trinajstić information content (AvgIpc) is 2.82. The molecule has 0 aliphatic carbocycles. The van der Waals surface area contributed by atoms with E-state index < -0.39 is 5.97 Å². The standard InChI is InChI=1S/C13H15N3O3/c1-9-15-14-8-16(9)11-7-10(4-6-13(17)18)3-5-12(11)19-2/h3,5,7-8H,4,6H2,1-2H3,(H,17,18). The summed E-state index contributed by atoms with van der Waals surface area (Å²) in [6.45, 7) is 1.84. The van der Waals surface area contributed by atoms with Gasteiger partial charge in [-0.05, 0) is 31.0 Å². The molecule has 0 radical (unpaired) electrons. The van der Waals surface area contributed by atoms with Gasteiger partial charge in [0.25, 0.3) is 0 Å². The third kappa shape index (κ3) is 2.90. The molecule has 1 aromatic heterocycles. The highest BCUT2D eigenvalue weighted by Gasteiger charge is 2.10. The molecule has 0 fully saturated rings. The van der Waals surface area contributed by atoms with Crippen LogP contribution in [0, 0.1) is 6.92 Å². The fraction of sp³-hybridized carbons (Fsp3) is 0.308. The molecule has 6 nitrogen and oxygen atoms in total. The van der Waals surface area contributed by atoms with E-state index in [-0.39, 0.29) is 6.42 Å². The van der Waals surface area contributed by atoms with Crippen molar-refractivity contribution in [1.82, 2.24) is 14.8 Å². The van der Waals surface area contributed by atoms with E-state index in [1.54, 1.807) is 13.4 Å². The second-order valence-corrected chi connectivity index (χ2v) is 4.15. The number of nitrogens with zero attached hydrogens (tertiary/aromatic N) is 3. The predicted octanol–water partition coefficient (Wildman–Crippen LogP) is 1.60. The lowest BCUT2D eigenvalue weighted by Crippen LogP contribution is -2.02. The summed E-state index contributed by atoms with van der Waals surface area (Å²) in [5.74, 6) is 0.633. The molecule has 0 aliphatic rings. The van der Waals surface area contributed by atoms with Gasteiger partial charge in [0, 0.05) is 6.42 Å². The van der Waals surface area contributed by atoms with Gasteiger partial charge < -0.3 is 9.84 Å². The van der Waals surface area contributed by atoms with Gasteiger partial charge in [-0.2, -0.15) is 0 Å². The van der Waals surface area contributed by atoms with Crippen LogP contribution in [-0.2, 0) is 11.2 Å². The lowest BCUT2D eigenvalue weighted by Gasteiger charge is -2.11. The number of carboxylic acids is 1. The van der Waals surface area contributed by atoms with E-state index in [2.05, 4.69) is 10.2 Å². The largest absolute Gasteiger partial charge is 0.495 e. The van der Waals surface area contributed by atoms with Crippen LogP contribution in [0.3, 0.4) is 0 Å². The maximum absolute atomic E-state index is 10.6. The molecule has 0 aliphatic heterocycles. The molecule has 0 bridgehead atoms. The van der Waals surface area contributed by atoms with Gasteiger partial charge >= 0.3 is 5.97 Å². The number of aryl methyl sites for hydroxylation is 2. The van der Waals surface area contributed by atoms with Crippen LogP contribution in [0.4, 0.5) is 0 Å². The monoisotopic (exact) mass is 261 g/mol. The van der Waals surface area contributed by atoms with Crippen LogP contribution in [-0.4, -0.2) is 33.0 Å². The number of carbonyl (C=O) groups is 1. The third-order valence-corrected chi connectivity index (χ3v) is 2.85. The summed E-state index contributed by atoms with van der Waals surface area (Å²) < 4.78 is 7.12. The lowest BCUT2D eigenvalue weighted by atomic mass is 10.1. The van der Waals surface area contributed by atoms with Crippen molar-refractivity contribution >= 4 is 5.97 Å². The van der Waals surface area contributed by atoms with Crippen LogP contribution in [0.5, 0.6) is 5.75 Å². The Morgan fingerprint density at radius 3 is 2.84 bits per heavy atom. The fourth-order valence-electron chi connectivity index (χ4n) is 1.86. The fourth-order valence-corrected chi connectivity index (χ4v) is 1.86. The number of aromatic nitrogens is 3. The number of aliphatic carboxylic acids is 1. The van der Waals surface area contributed by atoms with Crippen molar-refractivity contribution in [3.63, 3.8) is 0 Å². The Bertz CT molecular complexity index is 593. The number of hydrogen-bond acceptors (Lipinski definition) is 4. The van der Waals surface area contributed by atoms with Crippen molar-refractivity contribution in [1.29, 1.82) is 0 Å². The number of rotatable bonds is 5. The molecule has 0 saturated heterocycles. The zero-order valence-corrected chi connectivity index (χ0v) is 10.8. The van der Waals surface area contributed by atoms with E-state index in [0.717, 1.165) is 17.1 Å².